The van der Waals surface area contributed by atoms with Crippen molar-refractivity contribution < 1.29 is 14.6 Å². The number of ether oxygens (including phenoxy) is 1. The zero-order valence-corrected chi connectivity index (χ0v) is 11.6. The molecule has 4 nitrogen and oxygen atoms in total. The van der Waals surface area contributed by atoms with Gasteiger partial charge in [0.15, 0.2) is 0 Å². The van der Waals surface area contributed by atoms with Crippen LogP contribution in [0.4, 0.5) is 0 Å². The van der Waals surface area contributed by atoms with Gasteiger partial charge < -0.3 is 14.7 Å². The van der Waals surface area contributed by atoms with Crippen LogP contribution in [0.2, 0.25) is 0 Å². The van der Waals surface area contributed by atoms with Crippen molar-refractivity contribution in [3.63, 3.8) is 0 Å². The molecule has 2 unspecified atom stereocenters. The predicted octanol–water partition coefficient (Wildman–Crippen LogP) is 1.61. The maximum atomic E-state index is 12.7. The number of aliphatic hydroxyl groups is 1. The number of benzene rings is 1. The van der Waals surface area contributed by atoms with Gasteiger partial charge in [0.05, 0.1) is 18.6 Å². The van der Waals surface area contributed by atoms with E-state index < -0.39 is 0 Å². The number of carbonyl (C=O) groups excluding carboxylic acids is 1. The average molecular weight is 275 g/mol. The largest absolute Gasteiger partial charge is 0.492 e. The molecular formula is C16H21NO3. The fourth-order valence-electron chi connectivity index (χ4n) is 3.20. The minimum absolute atomic E-state index is 0.00609. The molecular weight excluding hydrogens is 254 g/mol. The number of fused-ring (bicyclic) bond motifs is 1. The van der Waals surface area contributed by atoms with Crippen molar-refractivity contribution in [2.24, 2.45) is 5.92 Å². The molecule has 0 bridgehead atoms. The molecule has 2 atom stereocenters. The first kappa shape index (κ1) is 13.4. The molecule has 1 aromatic rings. The fourth-order valence-corrected chi connectivity index (χ4v) is 3.20. The Balaban J connectivity index is 1.72. The van der Waals surface area contributed by atoms with Gasteiger partial charge >= 0.3 is 0 Å². The standard InChI is InChI=1S/C16H21NO3/c18-10-14-6-3-4-8-17(14)16(19)13-9-12-5-1-2-7-15(12)20-11-13/h1-2,5,7,13-14,18H,3-4,6,8-11H2. The summed E-state index contributed by atoms with van der Waals surface area (Å²) in [6.45, 7) is 1.28. The number of amides is 1. The van der Waals surface area contributed by atoms with Crippen molar-refractivity contribution in [1.82, 2.24) is 4.90 Å². The summed E-state index contributed by atoms with van der Waals surface area (Å²) in [5.41, 5.74) is 1.11. The van der Waals surface area contributed by atoms with Gasteiger partial charge in [-0.25, -0.2) is 0 Å². The van der Waals surface area contributed by atoms with Crippen molar-refractivity contribution >= 4 is 5.91 Å². The van der Waals surface area contributed by atoms with Crippen molar-refractivity contribution in [2.75, 3.05) is 19.8 Å². The van der Waals surface area contributed by atoms with Crippen LogP contribution in [0.15, 0.2) is 24.3 Å². The van der Waals surface area contributed by atoms with Gasteiger partial charge in [0.25, 0.3) is 0 Å². The van der Waals surface area contributed by atoms with Crippen LogP contribution in [-0.4, -0.2) is 41.7 Å². The van der Waals surface area contributed by atoms with Crippen LogP contribution in [0, 0.1) is 5.92 Å². The molecule has 2 heterocycles. The molecule has 0 saturated carbocycles. The molecule has 20 heavy (non-hydrogen) atoms. The first-order chi connectivity index (χ1) is 9.79. The first-order valence-electron chi connectivity index (χ1n) is 7.41. The van der Waals surface area contributed by atoms with Gasteiger partial charge in [-0.15, -0.1) is 0 Å². The van der Waals surface area contributed by atoms with E-state index >= 15 is 0 Å². The summed E-state index contributed by atoms with van der Waals surface area (Å²) in [6, 6.07) is 7.90. The van der Waals surface area contributed by atoms with Gasteiger partial charge in [-0.2, -0.15) is 0 Å². The predicted molar refractivity (Wildman–Crippen MR) is 75.6 cm³/mol. The number of aliphatic hydroxyl groups excluding tert-OH is 1. The van der Waals surface area contributed by atoms with E-state index in [1.165, 1.54) is 0 Å². The molecule has 0 spiro atoms. The molecule has 108 valence electrons. The molecule has 1 aromatic carbocycles. The Kier molecular flexibility index (Phi) is 3.92. The molecule has 0 radical (unpaired) electrons. The Hall–Kier alpha value is -1.55. The molecule has 4 heteroatoms. The van der Waals surface area contributed by atoms with Gasteiger partial charge in [0, 0.05) is 6.54 Å². The van der Waals surface area contributed by atoms with E-state index in [0.29, 0.717) is 6.61 Å². The van der Waals surface area contributed by atoms with Crippen LogP contribution >= 0.6 is 0 Å². The van der Waals surface area contributed by atoms with Gasteiger partial charge in [0.1, 0.15) is 12.4 Å². The van der Waals surface area contributed by atoms with E-state index in [1.807, 2.05) is 29.2 Å². The van der Waals surface area contributed by atoms with Gasteiger partial charge in [0.2, 0.25) is 5.91 Å². The third-order valence-corrected chi connectivity index (χ3v) is 4.35. The number of carbonyl (C=O) groups is 1. The van der Waals surface area contributed by atoms with E-state index in [4.69, 9.17) is 4.74 Å². The molecule has 2 aliphatic heterocycles. The Morgan fingerprint density at radius 3 is 3.05 bits per heavy atom. The maximum Gasteiger partial charge on any atom is 0.229 e. The molecule has 1 fully saturated rings. The lowest BCUT2D eigenvalue weighted by atomic mass is 9.93. The zero-order chi connectivity index (χ0) is 13.9. The van der Waals surface area contributed by atoms with Crippen LogP contribution in [0.3, 0.4) is 0 Å². The number of piperidine rings is 1. The van der Waals surface area contributed by atoms with Crippen LogP contribution in [0.1, 0.15) is 24.8 Å². The number of para-hydroxylation sites is 1. The summed E-state index contributed by atoms with van der Waals surface area (Å²) in [4.78, 5) is 14.5. The molecule has 2 aliphatic rings. The van der Waals surface area contributed by atoms with Gasteiger partial charge in [-0.1, -0.05) is 18.2 Å². The second kappa shape index (κ2) is 5.83. The summed E-state index contributed by atoms with van der Waals surface area (Å²) >= 11 is 0. The first-order valence-corrected chi connectivity index (χ1v) is 7.41. The molecule has 1 amide bonds. The monoisotopic (exact) mass is 275 g/mol. The molecule has 0 aromatic heterocycles. The topological polar surface area (TPSA) is 49.8 Å². The second-order valence-corrected chi connectivity index (χ2v) is 5.68. The molecule has 1 saturated heterocycles. The number of rotatable bonds is 2. The Bertz CT molecular complexity index is 488. The van der Waals surface area contributed by atoms with E-state index in [0.717, 1.165) is 43.5 Å². The third-order valence-electron chi connectivity index (χ3n) is 4.35. The van der Waals surface area contributed by atoms with Gasteiger partial charge in [-0.3, -0.25) is 4.79 Å². The normalized spacial score (nSPS) is 25.8. The smallest absolute Gasteiger partial charge is 0.229 e. The van der Waals surface area contributed by atoms with Crippen LogP contribution in [0.5, 0.6) is 5.75 Å². The highest BCUT2D eigenvalue weighted by molar-refractivity contribution is 5.80. The summed E-state index contributed by atoms with van der Waals surface area (Å²) in [5.74, 6) is 0.921. The third kappa shape index (κ3) is 2.52. The van der Waals surface area contributed by atoms with Crippen molar-refractivity contribution in [1.29, 1.82) is 0 Å². The Morgan fingerprint density at radius 2 is 2.20 bits per heavy atom. The lowest BCUT2D eigenvalue weighted by Gasteiger charge is -2.37. The number of nitrogens with zero attached hydrogens (tertiary/aromatic N) is 1. The molecule has 3 rings (SSSR count). The Morgan fingerprint density at radius 1 is 1.35 bits per heavy atom. The highest BCUT2D eigenvalue weighted by Gasteiger charge is 2.33. The van der Waals surface area contributed by atoms with E-state index in [-0.39, 0.29) is 24.5 Å². The summed E-state index contributed by atoms with van der Waals surface area (Å²) < 4.78 is 5.71. The molecule has 0 aliphatic carbocycles. The van der Waals surface area contributed by atoms with Crippen molar-refractivity contribution in [2.45, 2.75) is 31.7 Å². The molecule has 1 N–H and O–H groups in total. The zero-order valence-electron chi connectivity index (χ0n) is 11.6. The van der Waals surface area contributed by atoms with E-state index in [9.17, 15) is 9.90 Å². The van der Waals surface area contributed by atoms with Gasteiger partial charge in [-0.05, 0) is 37.3 Å². The average Bonchev–Trinajstić information content (AvgIpc) is 2.53. The summed E-state index contributed by atoms with van der Waals surface area (Å²) in [6.07, 6.45) is 3.78. The lowest BCUT2D eigenvalue weighted by Crippen LogP contribution is -2.50. The lowest BCUT2D eigenvalue weighted by molar-refractivity contribution is -0.141. The fraction of sp³-hybridized carbons (Fsp3) is 0.562. The van der Waals surface area contributed by atoms with Crippen molar-refractivity contribution in [3.05, 3.63) is 29.8 Å². The van der Waals surface area contributed by atoms with Crippen LogP contribution in [0.25, 0.3) is 0 Å². The quantitative estimate of drug-likeness (QED) is 0.892. The van der Waals surface area contributed by atoms with E-state index in [2.05, 4.69) is 0 Å². The Labute approximate surface area is 119 Å². The number of hydrogen-bond donors (Lipinski definition) is 1. The maximum absolute atomic E-state index is 12.7. The summed E-state index contributed by atoms with van der Waals surface area (Å²) in [7, 11) is 0. The summed E-state index contributed by atoms with van der Waals surface area (Å²) in [5, 5.41) is 9.44. The number of hydrogen-bond acceptors (Lipinski definition) is 3. The van der Waals surface area contributed by atoms with Crippen LogP contribution in [-0.2, 0) is 11.2 Å². The second-order valence-electron chi connectivity index (χ2n) is 5.68. The van der Waals surface area contributed by atoms with Crippen LogP contribution < -0.4 is 4.74 Å². The van der Waals surface area contributed by atoms with Crippen molar-refractivity contribution in [3.8, 4) is 5.75 Å². The minimum Gasteiger partial charge on any atom is -0.492 e. The minimum atomic E-state index is -0.114. The highest BCUT2D eigenvalue weighted by atomic mass is 16.5. The number of likely N-dealkylation sites (tertiary alicyclic amines) is 1. The SMILES string of the molecule is O=C(C1COc2ccccc2C1)N1CCCCC1CO. The highest BCUT2D eigenvalue weighted by Crippen LogP contribution is 2.29. The van der Waals surface area contributed by atoms with E-state index in [1.54, 1.807) is 0 Å².